The minimum absolute atomic E-state index is 0.00312. The lowest BCUT2D eigenvalue weighted by Gasteiger charge is -2.30. The van der Waals surface area contributed by atoms with E-state index in [9.17, 15) is 13.2 Å². The van der Waals surface area contributed by atoms with Gasteiger partial charge in [-0.15, -0.1) is 0 Å². The van der Waals surface area contributed by atoms with Crippen LogP contribution in [0, 0.1) is 0 Å². The fraction of sp³-hybridized carbons (Fsp3) is 0.462. The number of nitrogens with zero attached hydrogens (tertiary/aromatic N) is 1. The van der Waals surface area contributed by atoms with Crippen LogP contribution in [0.25, 0.3) is 0 Å². The van der Waals surface area contributed by atoms with Crippen molar-refractivity contribution in [2.75, 3.05) is 25.9 Å². The van der Waals surface area contributed by atoms with Gasteiger partial charge in [-0.1, -0.05) is 0 Å². The highest BCUT2D eigenvalue weighted by Crippen LogP contribution is 2.26. The fourth-order valence-electron chi connectivity index (χ4n) is 2.38. The third kappa shape index (κ3) is 3.17. The lowest BCUT2D eigenvalue weighted by Crippen LogP contribution is -2.40. The maximum Gasteiger partial charge on any atom is 0.248 e. The van der Waals surface area contributed by atoms with Crippen molar-refractivity contribution in [1.29, 1.82) is 0 Å². The third-order valence-corrected chi connectivity index (χ3v) is 5.62. The first-order valence-electron chi connectivity index (χ1n) is 6.58. The van der Waals surface area contributed by atoms with Gasteiger partial charge >= 0.3 is 0 Å². The third-order valence-electron chi connectivity index (χ3n) is 3.65. The smallest absolute Gasteiger partial charge is 0.248 e. The molecule has 116 valence electrons. The Morgan fingerprint density at radius 3 is 2.43 bits per heavy atom. The number of piperidine rings is 1. The summed E-state index contributed by atoms with van der Waals surface area (Å²) in [5.41, 5.74) is 11.1. The van der Waals surface area contributed by atoms with Gasteiger partial charge < -0.3 is 16.2 Å². The van der Waals surface area contributed by atoms with Crippen LogP contribution in [-0.4, -0.2) is 44.9 Å². The van der Waals surface area contributed by atoms with Crippen molar-refractivity contribution in [2.45, 2.75) is 23.8 Å². The molecule has 4 N–H and O–H groups in total. The molecule has 0 radical (unpaired) electrons. The maximum atomic E-state index is 12.6. The Morgan fingerprint density at radius 1 is 1.33 bits per heavy atom. The molecular weight excluding hydrogens is 294 g/mol. The van der Waals surface area contributed by atoms with Gasteiger partial charge in [-0.05, 0) is 31.0 Å². The first kappa shape index (κ1) is 15.7. The average Bonchev–Trinajstić information content (AvgIpc) is 2.46. The van der Waals surface area contributed by atoms with Crippen molar-refractivity contribution >= 4 is 21.6 Å². The van der Waals surface area contributed by atoms with Crippen LogP contribution in [0.5, 0.6) is 0 Å². The van der Waals surface area contributed by atoms with Crippen molar-refractivity contribution in [3.05, 3.63) is 23.8 Å². The highest BCUT2D eigenvalue weighted by atomic mass is 32.2. The molecule has 1 heterocycles. The van der Waals surface area contributed by atoms with Gasteiger partial charge in [-0.25, -0.2) is 8.42 Å². The van der Waals surface area contributed by atoms with Crippen LogP contribution >= 0.6 is 0 Å². The summed E-state index contributed by atoms with van der Waals surface area (Å²) in [6.45, 7) is 0.774. The quantitative estimate of drug-likeness (QED) is 0.769. The molecule has 1 fully saturated rings. The number of rotatable bonds is 4. The molecule has 1 aliphatic heterocycles. The SMILES string of the molecule is COC1CCN(S(=O)(=O)c2ccc(C(N)=O)cc2N)CC1. The molecule has 8 heteroatoms. The highest BCUT2D eigenvalue weighted by Gasteiger charge is 2.30. The number of carbonyl (C=O) groups is 1. The number of methoxy groups -OCH3 is 1. The van der Waals surface area contributed by atoms with Gasteiger partial charge in [0.25, 0.3) is 0 Å². The van der Waals surface area contributed by atoms with Crippen LogP contribution in [-0.2, 0) is 14.8 Å². The summed E-state index contributed by atoms with van der Waals surface area (Å²) in [6, 6.07) is 3.98. The van der Waals surface area contributed by atoms with Crippen molar-refractivity contribution in [3.8, 4) is 0 Å². The topological polar surface area (TPSA) is 116 Å². The monoisotopic (exact) mass is 313 g/mol. The van der Waals surface area contributed by atoms with Gasteiger partial charge in [-0.3, -0.25) is 4.79 Å². The van der Waals surface area contributed by atoms with E-state index in [4.69, 9.17) is 16.2 Å². The molecule has 0 aromatic heterocycles. The molecule has 1 aromatic rings. The zero-order valence-electron chi connectivity index (χ0n) is 11.8. The minimum atomic E-state index is -3.67. The molecule has 0 unspecified atom stereocenters. The number of amides is 1. The molecule has 1 aliphatic rings. The van der Waals surface area contributed by atoms with E-state index < -0.39 is 15.9 Å². The second-order valence-corrected chi connectivity index (χ2v) is 6.86. The van der Waals surface area contributed by atoms with Crippen LogP contribution < -0.4 is 11.5 Å². The van der Waals surface area contributed by atoms with E-state index in [1.165, 1.54) is 22.5 Å². The number of sulfonamides is 1. The summed E-state index contributed by atoms with van der Waals surface area (Å²) in [5.74, 6) is -0.647. The van der Waals surface area contributed by atoms with Crippen molar-refractivity contribution in [1.82, 2.24) is 4.31 Å². The predicted octanol–water partition coefficient (Wildman–Crippen LogP) is 0.167. The number of benzene rings is 1. The zero-order valence-corrected chi connectivity index (χ0v) is 12.6. The van der Waals surface area contributed by atoms with Gasteiger partial charge in [-0.2, -0.15) is 4.31 Å². The van der Waals surface area contributed by atoms with Crippen LogP contribution in [0.4, 0.5) is 5.69 Å². The number of carbonyl (C=O) groups excluding carboxylic acids is 1. The molecule has 0 atom stereocenters. The molecule has 7 nitrogen and oxygen atoms in total. The molecule has 1 aromatic carbocycles. The Labute approximate surface area is 123 Å². The molecule has 21 heavy (non-hydrogen) atoms. The van der Waals surface area contributed by atoms with Crippen molar-refractivity contribution < 1.29 is 17.9 Å². The maximum absolute atomic E-state index is 12.6. The molecule has 0 bridgehead atoms. The molecule has 0 aliphatic carbocycles. The van der Waals surface area contributed by atoms with Crippen molar-refractivity contribution in [3.63, 3.8) is 0 Å². The Hall–Kier alpha value is -1.64. The average molecular weight is 313 g/mol. The molecular formula is C13H19N3O4S. The summed E-state index contributed by atoms with van der Waals surface area (Å²) >= 11 is 0. The van der Waals surface area contributed by atoms with Gasteiger partial charge in [0, 0.05) is 25.8 Å². The van der Waals surface area contributed by atoms with Crippen molar-refractivity contribution in [2.24, 2.45) is 5.73 Å². The second kappa shape index (κ2) is 6.00. The summed E-state index contributed by atoms with van der Waals surface area (Å²) in [6.07, 6.45) is 1.38. The summed E-state index contributed by atoms with van der Waals surface area (Å²) in [7, 11) is -2.05. The standard InChI is InChI=1S/C13H19N3O4S/c1-20-10-4-6-16(7-5-10)21(18,19)12-3-2-9(13(15)17)8-11(12)14/h2-3,8,10H,4-7,14H2,1H3,(H2,15,17). The number of primary amides is 1. The van der Waals surface area contributed by atoms with Crippen LogP contribution in [0.2, 0.25) is 0 Å². The number of nitrogens with two attached hydrogens (primary N) is 2. The van der Waals surface area contributed by atoms with Gasteiger partial charge in [0.05, 0.1) is 11.8 Å². The van der Waals surface area contributed by atoms with E-state index in [1.807, 2.05) is 0 Å². The number of anilines is 1. The van der Waals surface area contributed by atoms with Crippen LogP contribution in [0.1, 0.15) is 23.2 Å². The van der Waals surface area contributed by atoms with Gasteiger partial charge in [0.1, 0.15) is 4.90 Å². The van der Waals surface area contributed by atoms with E-state index in [0.717, 1.165) is 0 Å². The minimum Gasteiger partial charge on any atom is -0.398 e. The zero-order chi connectivity index (χ0) is 15.6. The van der Waals surface area contributed by atoms with Crippen LogP contribution in [0.15, 0.2) is 23.1 Å². The molecule has 1 amide bonds. The Morgan fingerprint density at radius 2 is 1.95 bits per heavy atom. The Bertz CT molecular complexity index is 637. The molecule has 2 rings (SSSR count). The normalized spacial score (nSPS) is 17.8. The van der Waals surface area contributed by atoms with Gasteiger partial charge in [0.15, 0.2) is 0 Å². The largest absolute Gasteiger partial charge is 0.398 e. The highest BCUT2D eigenvalue weighted by molar-refractivity contribution is 7.89. The van der Waals surface area contributed by atoms with E-state index in [0.29, 0.717) is 25.9 Å². The molecule has 0 spiro atoms. The molecule has 1 saturated heterocycles. The second-order valence-electron chi connectivity index (χ2n) is 4.96. The lowest BCUT2D eigenvalue weighted by molar-refractivity contribution is 0.0604. The van der Waals surface area contributed by atoms with E-state index in [-0.39, 0.29) is 22.3 Å². The predicted molar refractivity (Wildman–Crippen MR) is 78.2 cm³/mol. The van der Waals surface area contributed by atoms with E-state index in [2.05, 4.69) is 0 Å². The first-order chi connectivity index (χ1) is 9.86. The van der Waals surface area contributed by atoms with Gasteiger partial charge in [0.2, 0.25) is 15.9 Å². The lowest BCUT2D eigenvalue weighted by atomic mass is 10.1. The number of nitrogen functional groups attached to an aromatic ring is 1. The van der Waals surface area contributed by atoms with E-state index >= 15 is 0 Å². The summed E-state index contributed by atoms with van der Waals surface area (Å²) in [4.78, 5) is 11.1. The summed E-state index contributed by atoms with van der Waals surface area (Å²) in [5, 5.41) is 0. The Kier molecular flexibility index (Phi) is 4.50. The number of ether oxygens (including phenoxy) is 1. The number of hydrogen-bond acceptors (Lipinski definition) is 5. The number of hydrogen-bond donors (Lipinski definition) is 2. The first-order valence-corrected chi connectivity index (χ1v) is 8.02. The Balaban J connectivity index is 2.26. The molecule has 0 saturated carbocycles. The summed E-state index contributed by atoms with van der Waals surface area (Å²) < 4.78 is 31.8. The van der Waals surface area contributed by atoms with E-state index in [1.54, 1.807) is 7.11 Å². The van der Waals surface area contributed by atoms with Crippen LogP contribution in [0.3, 0.4) is 0 Å². The fourth-order valence-corrected chi connectivity index (χ4v) is 3.95.